The van der Waals surface area contributed by atoms with Crippen molar-refractivity contribution in [2.75, 3.05) is 0 Å². The second-order valence-corrected chi connectivity index (χ2v) is 9.50. The van der Waals surface area contributed by atoms with Crippen molar-refractivity contribution in [2.45, 2.75) is 38.3 Å². The molecule has 2 aliphatic carbocycles. The van der Waals surface area contributed by atoms with Gasteiger partial charge in [-0.3, -0.25) is 9.48 Å². The van der Waals surface area contributed by atoms with Crippen molar-refractivity contribution in [3.8, 4) is 0 Å². The Kier molecular flexibility index (Phi) is 4.78. The van der Waals surface area contributed by atoms with E-state index in [1.165, 1.54) is 29.3 Å². The molecular weight excluding hydrogens is 429 g/mol. The molecule has 0 spiro atoms. The summed E-state index contributed by atoms with van der Waals surface area (Å²) in [7, 11) is 0. The van der Waals surface area contributed by atoms with Gasteiger partial charge in [0.25, 0.3) is 0 Å². The van der Waals surface area contributed by atoms with Gasteiger partial charge in [-0.05, 0) is 72.9 Å². The Morgan fingerprint density at radius 3 is 2.55 bits per heavy atom. The highest BCUT2D eigenvalue weighted by atomic mass is 19.1. The number of amides is 1. The van der Waals surface area contributed by atoms with Gasteiger partial charge in [0, 0.05) is 42.7 Å². The molecule has 2 aromatic carbocycles. The van der Waals surface area contributed by atoms with Gasteiger partial charge < -0.3 is 0 Å². The molecule has 0 radical (unpaired) electrons. The van der Waals surface area contributed by atoms with E-state index in [0.717, 1.165) is 36.2 Å². The highest BCUT2D eigenvalue weighted by Gasteiger charge is 2.52. The van der Waals surface area contributed by atoms with Crippen LogP contribution in [-0.4, -0.2) is 26.9 Å². The topological polar surface area (TPSA) is 50.5 Å². The third-order valence-corrected chi connectivity index (χ3v) is 7.64. The van der Waals surface area contributed by atoms with Crippen LogP contribution in [0.5, 0.6) is 0 Å². The molecule has 2 saturated carbocycles. The quantitative estimate of drug-likeness (QED) is 0.555. The van der Waals surface area contributed by atoms with Crippen molar-refractivity contribution in [1.82, 2.24) is 14.8 Å². The van der Waals surface area contributed by atoms with Gasteiger partial charge >= 0.3 is 0 Å². The number of carbonyl (C=O) groups is 1. The number of rotatable bonds is 4. The number of hydrazone groups is 1. The van der Waals surface area contributed by atoms with Gasteiger partial charge in [0.2, 0.25) is 5.91 Å². The van der Waals surface area contributed by atoms with Gasteiger partial charge in [0.1, 0.15) is 17.5 Å². The molecule has 1 aliphatic heterocycles. The highest BCUT2D eigenvalue weighted by Crippen LogP contribution is 2.55. The predicted octanol–water partition coefficient (Wildman–Crippen LogP) is 5.08. The maximum absolute atomic E-state index is 13.8. The fraction of sp³-hybridized carbons (Fsp3) is 0.400. The fourth-order valence-electron chi connectivity index (χ4n) is 6.03. The van der Waals surface area contributed by atoms with E-state index in [2.05, 4.69) is 10.2 Å². The molecule has 1 aromatic heterocycles. The maximum Gasteiger partial charge on any atom is 0.246 e. The van der Waals surface area contributed by atoms with Crippen LogP contribution in [0.4, 0.5) is 13.2 Å². The molecule has 1 amide bonds. The molecule has 8 heteroatoms. The molecule has 0 N–H and O–H groups in total. The van der Waals surface area contributed by atoms with E-state index >= 15 is 0 Å². The van der Waals surface area contributed by atoms with Gasteiger partial charge in [-0.2, -0.15) is 10.2 Å². The third kappa shape index (κ3) is 3.52. The summed E-state index contributed by atoms with van der Waals surface area (Å²) in [5.74, 6) is -0.785. The standard InChI is InChI=1S/C25H23F3N4O/c26-17-1-4-23-16(9-17)13-31(30-23)12-15-10-22(21-3-2-20(15)21)25(33)32-24(5-6-29-32)14-7-18(27)11-19(28)8-14/h1,4,6-9,11,13,15,20-22,24H,2-3,5,10,12H2/t15?,20?,21?,22-,24?/m0/s1. The normalized spacial score (nSPS) is 28.3. The van der Waals surface area contributed by atoms with E-state index < -0.39 is 17.7 Å². The minimum atomic E-state index is -0.657. The lowest BCUT2D eigenvalue weighted by Crippen LogP contribution is -2.38. The molecule has 33 heavy (non-hydrogen) atoms. The SMILES string of the molecule is O=C([C@H]1CC(Cn2cc3cc(F)ccc3n2)C2CCC21)N1N=CCC1c1cc(F)cc(F)c1. The Morgan fingerprint density at radius 2 is 1.79 bits per heavy atom. The molecule has 3 aliphatic rings. The molecule has 170 valence electrons. The molecule has 2 heterocycles. The van der Waals surface area contributed by atoms with Crippen molar-refractivity contribution < 1.29 is 18.0 Å². The summed E-state index contributed by atoms with van der Waals surface area (Å²) < 4.78 is 42.9. The fourth-order valence-corrected chi connectivity index (χ4v) is 6.03. The lowest BCUT2D eigenvalue weighted by Gasteiger charge is -2.37. The number of hydrogen-bond acceptors (Lipinski definition) is 3. The smallest absolute Gasteiger partial charge is 0.246 e. The summed E-state index contributed by atoms with van der Waals surface area (Å²) in [6.07, 6.45) is 6.76. The van der Waals surface area contributed by atoms with Gasteiger partial charge in [0.15, 0.2) is 0 Å². The summed E-state index contributed by atoms with van der Waals surface area (Å²) >= 11 is 0. The molecule has 5 nitrogen and oxygen atoms in total. The average molecular weight is 452 g/mol. The van der Waals surface area contributed by atoms with Crippen LogP contribution in [-0.2, 0) is 11.3 Å². The number of halogens is 3. The first-order chi connectivity index (χ1) is 16.0. The Bertz CT molecular complexity index is 1250. The number of aromatic nitrogens is 2. The molecule has 5 atom stereocenters. The van der Waals surface area contributed by atoms with Crippen LogP contribution >= 0.6 is 0 Å². The van der Waals surface area contributed by atoms with Gasteiger partial charge in [-0.1, -0.05) is 0 Å². The number of nitrogens with zero attached hydrogens (tertiary/aromatic N) is 4. The second kappa shape index (κ2) is 7.71. The molecule has 4 unspecified atom stereocenters. The summed E-state index contributed by atoms with van der Waals surface area (Å²) in [4.78, 5) is 13.5. The number of benzene rings is 2. The highest BCUT2D eigenvalue weighted by molar-refractivity contribution is 5.83. The van der Waals surface area contributed by atoms with Gasteiger partial charge in [-0.15, -0.1) is 0 Å². The van der Waals surface area contributed by atoms with Crippen LogP contribution < -0.4 is 0 Å². The monoisotopic (exact) mass is 452 g/mol. The van der Waals surface area contributed by atoms with E-state index in [9.17, 15) is 18.0 Å². The molecule has 3 aromatic rings. The lowest BCUT2D eigenvalue weighted by atomic mass is 9.70. The van der Waals surface area contributed by atoms with Crippen LogP contribution in [0.15, 0.2) is 47.7 Å². The van der Waals surface area contributed by atoms with E-state index in [1.54, 1.807) is 12.3 Å². The zero-order valence-corrected chi connectivity index (χ0v) is 17.9. The predicted molar refractivity (Wildman–Crippen MR) is 117 cm³/mol. The number of hydrogen-bond donors (Lipinski definition) is 0. The maximum atomic E-state index is 13.8. The van der Waals surface area contributed by atoms with Crippen LogP contribution in [0.3, 0.4) is 0 Å². The van der Waals surface area contributed by atoms with Crippen molar-refractivity contribution in [2.24, 2.45) is 28.8 Å². The Labute approximate surface area is 188 Å². The molecule has 0 saturated heterocycles. The van der Waals surface area contributed by atoms with Crippen molar-refractivity contribution in [3.05, 3.63) is 65.6 Å². The molecule has 6 rings (SSSR count). The zero-order chi connectivity index (χ0) is 22.7. The third-order valence-electron chi connectivity index (χ3n) is 7.64. The van der Waals surface area contributed by atoms with E-state index in [4.69, 9.17) is 0 Å². The van der Waals surface area contributed by atoms with E-state index in [1.807, 2.05) is 10.9 Å². The lowest BCUT2D eigenvalue weighted by molar-refractivity contribution is -0.139. The summed E-state index contributed by atoms with van der Waals surface area (Å²) in [6.45, 7) is 0.684. The first kappa shape index (κ1) is 20.4. The number of fused-ring (bicyclic) bond motifs is 2. The average Bonchev–Trinajstić information content (AvgIpc) is 3.42. The van der Waals surface area contributed by atoms with Crippen LogP contribution in [0, 0.1) is 41.1 Å². The Balaban J connectivity index is 1.20. The largest absolute Gasteiger partial charge is 0.273 e. The zero-order valence-electron chi connectivity index (χ0n) is 17.9. The molecular formula is C25H23F3N4O. The van der Waals surface area contributed by atoms with E-state index in [0.29, 0.717) is 36.3 Å². The van der Waals surface area contributed by atoms with Crippen molar-refractivity contribution >= 4 is 23.0 Å². The first-order valence-electron chi connectivity index (χ1n) is 11.4. The minimum absolute atomic E-state index is 0.0664. The van der Waals surface area contributed by atoms with Crippen LogP contribution in [0.2, 0.25) is 0 Å². The second-order valence-electron chi connectivity index (χ2n) is 9.50. The van der Waals surface area contributed by atoms with Gasteiger partial charge in [0.05, 0.1) is 11.6 Å². The summed E-state index contributed by atoms with van der Waals surface area (Å²) in [6, 6.07) is 7.46. The minimum Gasteiger partial charge on any atom is -0.273 e. The van der Waals surface area contributed by atoms with Crippen LogP contribution in [0.1, 0.15) is 37.3 Å². The number of carbonyl (C=O) groups excluding carboxylic acids is 1. The summed E-state index contributed by atoms with van der Waals surface area (Å²) in [5, 5.41) is 11.1. The molecule has 0 bridgehead atoms. The summed E-state index contributed by atoms with van der Waals surface area (Å²) in [5.41, 5.74) is 1.18. The Hall–Kier alpha value is -3.16. The van der Waals surface area contributed by atoms with Gasteiger partial charge in [-0.25, -0.2) is 18.2 Å². The van der Waals surface area contributed by atoms with Crippen molar-refractivity contribution in [3.63, 3.8) is 0 Å². The molecule has 2 fully saturated rings. The Morgan fingerprint density at radius 1 is 1.00 bits per heavy atom. The van der Waals surface area contributed by atoms with Crippen molar-refractivity contribution in [1.29, 1.82) is 0 Å². The van der Waals surface area contributed by atoms with Crippen LogP contribution in [0.25, 0.3) is 10.9 Å². The van der Waals surface area contributed by atoms with E-state index in [-0.39, 0.29) is 17.6 Å². The first-order valence-corrected chi connectivity index (χ1v) is 11.4.